The molecule has 2 atom stereocenters. The summed E-state index contributed by atoms with van der Waals surface area (Å²) in [5.74, 6) is -1.49. The third kappa shape index (κ3) is 2.45. The number of carboxylic acid groups (broad SMARTS) is 1. The number of hydrogen-bond acceptors (Lipinski definition) is 2. The van der Waals surface area contributed by atoms with Gasteiger partial charge in [0.05, 0.1) is 11.8 Å². The predicted molar refractivity (Wildman–Crippen MR) is 63.5 cm³/mol. The lowest BCUT2D eigenvalue weighted by atomic mass is 9.78. The van der Waals surface area contributed by atoms with Crippen molar-refractivity contribution in [2.24, 2.45) is 11.8 Å². The number of nitrogens with zero attached hydrogens (tertiary/aromatic N) is 1. The standard InChI is InChI=1S/C13H21NO3/c1-14(9-5-4-6-9)12(15)10-7-2-3-8-11(10)13(16)17/h9-11H,2-8H2,1H3,(H,16,17)/t10-,11+/m1/s1. The molecule has 2 aliphatic rings. The first kappa shape index (κ1) is 12.4. The Labute approximate surface area is 102 Å². The summed E-state index contributed by atoms with van der Waals surface area (Å²) in [5, 5.41) is 9.18. The van der Waals surface area contributed by atoms with Crippen molar-refractivity contribution in [1.82, 2.24) is 4.90 Å². The molecule has 0 aromatic rings. The van der Waals surface area contributed by atoms with E-state index in [9.17, 15) is 14.7 Å². The van der Waals surface area contributed by atoms with Gasteiger partial charge in [0.1, 0.15) is 0 Å². The number of aliphatic carboxylic acids is 1. The van der Waals surface area contributed by atoms with E-state index in [1.165, 1.54) is 6.42 Å². The maximum Gasteiger partial charge on any atom is 0.307 e. The fourth-order valence-electron chi connectivity index (χ4n) is 2.94. The van der Waals surface area contributed by atoms with Crippen molar-refractivity contribution < 1.29 is 14.7 Å². The number of amides is 1. The number of carboxylic acids is 1. The Bertz CT molecular complexity index is 312. The largest absolute Gasteiger partial charge is 0.481 e. The molecule has 0 aromatic carbocycles. The van der Waals surface area contributed by atoms with Crippen molar-refractivity contribution in [2.45, 2.75) is 51.0 Å². The molecule has 2 fully saturated rings. The van der Waals surface area contributed by atoms with Gasteiger partial charge in [-0.25, -0.2) is 0 Å². The summed E-state index contributed by atoms with van der Waals surface area (Å²) in [6.45, 7) is 0. The molecule has 2 rings (SSSR count). The highest BCUT2D eigenvalue weighted by atomic mass is 16.4. The smallest absolute Gasteiger partial charge is 0.307 e. The van der Waals surface area contributed by atoms with Crippen LogP contribution in [0, 0.1) is 11.8 Å². The van der Waals surface area contributed by atoms with E-state index < -0.39 is 11.9 Å². The first-order valence-electron chi connectivity index (χ1n) is 6.60. The quantitative estimate of drug-likeness (QED) is 0.818. The highest BCUT2D eigenvalue weighted by Crippen LogP contribution is 2.33. The Hall–Kier alpha value is -1.06. The number of rotatable bonds is 3. The molecule has 0 spiro atoms. The van der Waals surface area contributed by atoms with Crippen LogP contribution in [0.2, 0.25) is 0 Å². The minimum absolute atomic E-state index is 0.0572. The van der Waals surface area contributed by atoms with E-state index in [0.29, 0.717) is 12.5 Å². The van der Waals surface area contributed by atoms with E-state index in [4.69, 9.17) is 0 Å². The molecule has 1 amide bonds. The Kier molecular flexibility index (Phi) is 3.69. The van der Waals surface area contributed by atoms with Crippen molar-refractivity contribution in [1.29, 1.82) is 0 Å². The van der Waals surface area contributed by atoms with Gasteiger partial charge < -0.3 is 10.0 Å². The third-order valence-corrected chi connectivity index (χ3v) is 4.37. The molecule has 17 heavy (non-hydrogen) atoms. The average molecular weight is 239 g/mol. The Balaban J connectivity index is 2.02. The number of hydrogen-bond donors (Lipinski definition) is 1. The van der Waals surface area contributed by atoms with Crippen LogP contribution in [0.5, 0.6) is 0 Å². The molecule has 96 valence electrons. The molecule has 4 heteroatoms. The summed E-state index contributed by atoms with van der Waals surface area (Å²) >= 11 is 0. The van der Waals surface area contributed by atoms with E-state index >= 15 is 0 Å². The van der Waals surface area contributed by atoms with E-state index in [-0.39, 0.29) is 11.8 Å². The van der Waals surface area contributed by atoms with Crippen LogP contribution in [0.1, 0.15) is 44.9 Å². The fourth-order valence-corrected chi connectivity index (χ4v) is 2.94. The minimum Gasteiger partial charge on any atom is -0.481 e. The fraction of sp³-hybridized carbons (Fsp3) is 0.846. The zero-order chi connectivity index (χ0) is 12.4. The van der Waals surface area contributed by atoms with Gasteiger partial charge in [0, 0.05) is 13.1 Å². The van der Waals surface area contributed by atoms with Crippen molar-refractivity contribution in [3.63, 3.8) is 0 Å². The Morgan fingerprint density at radius 2 is 1.59 bits per heavy atom. The summed E-state index contributed by atoms with van der Waals surface area (Å²) in [6.07, 6.45) is 6.67. The van der Waals surface area contributed by atoms with Crippen LogP contribution in [0.15, 0.2) is 0 Å². The molecule has 0 aliphatic heterocycles. The molecule has 4 nitrogen and oxygen atoms in total. The topological polar surface area (TPSA) is 57.6 Å². The normalized spacial score (nSPS) is 29.5. The Morgan fingerprint density at radius 1 is 1.00 bits per heavy atom. The molecule has 0 bridgehead atoms. The molecule has 1 N–H and O–H groups in total. The van der Waals surface area contributed by atoms with E-state index in [1.807, 2.05) is 7.05 Å². The average Bonchev–Trinajstić information content (AvgIpc) is 2.25. The second-order valence-electron chi connectivity index (χ2n) is 5.37. The van der Waals surface area contributed by atoms with Gasteiger partial charge in [-0.15, -0.1) is 0 Å². The van der Waals surface area contributed by atoms with Crippen molar-refractivity contribution in [3.8, 4) is 0 Å². The summed E-state index contributed by atoms with van der Waals surface area (Å²) in [6, 6.07) is 0.360. The van der Waals surface area contributed by atoms with E-state index in [1.54, 1.807) is 4.90 Å². The van der Waals surface area contributed by atoms with Crippen LogP contribution in [0.3, 0.4) is 0 Å². The zero-order valence-electron chi connectivity index (χ0n) is 10.4. The highest BCUT2D eigenvalue weighted by molar-refractivity contribution is 5.85. The summed E-state index contributed by atoms with van der Waals surface area (Å²) in [4.78, 5) is 25.3. The summed E-state index contributed by atoms with van der Waals surface area (Å²) in [7, 11) is 1.83. The maximum absolute atomic E-state index is 12.3. The minimum atomic E-state index is -0.801. The second-order valence-corrected chi connectivity index (χ2v) is 5.37. The Morgan fingerprint density at radius 3 is 2.06 bits per heavy atom. The molecule has 0 saturated heterocycles. The highest BCUT2D eigenvalue weighted by Gasteiger charge is 2.39. The van der Waals surface area contributed by atoms with Crippen LogP contribution < -0.4 is 0 Å². The molecular formula is C13H21NO3. The predicted octanol–water partition coefficient (Wildman–Crippen LogP) is 1.89. The lowest BCUT2D eigenvalue weighted by molar-refractivity contribution is -0.153. The number of carbonyl (C=O) groups excluding carboxylic acids is 1. The molecule has 0 aromatic heterocycles. The zero-order valence-corrected chi connectivity index (χ0v) is 10.4. The van der Waals surface area contributed by atoms with Crippen LogP contribution in [0.4, 0.5) is 0 Å². The molecule has 2 saturated carbocycles. The first-order valence-corrected chi connectivity index (χ1v) is 6.60. The van der Waals surface area contributed by atoms with Gasteiger partial charge in [-0.1, -0.05) is 12.8 Å². The maximum atomic E-state index is 12.3. The van der Waals surface area contributed by atoms with E-state index in [0.717, 1.165) is 32.1 Å². The summed E-state index contributed by atoms with van der Waals surface area (Å²) < 4.78 is 0. The molecule has 0 unspecified atom stereocenters. The monoisotopic (exact) mass is 239 g/mol. The SMILES string of the molecule is CN(C(=O)[C@@H]1CCCC[C@@H]1C(=O)O)C1CCC1. The summed E-state index contributed by atoms with van der Waals surface area (Å²) in [5.41, 5.74) is 0. The van der Waals surface area contributed by atoms with Crippen molar-refractivity contribution >= 4 is 11.9 Å². The lowest BCUT2D eigenvalue weighted by Crippen LogP contribution is -2.47. The van der Waals surface area contributed by atoms with Gasteiger partial charge in [-0.05, 0) is 32.1 Å². The van der Waals surface area contributed by atoms with Crippen molar-refractivity contribution in [3.05, 3.63) is 0 Å². The second kappa shape index (κ2) is 5.07. The van der Waals surface area contributed by atoms with Crippen LogP contribution in [-0.2, 0) is 9.59 Å². The van der Waals surface area contributed by atoms with Gasteiger partial charge >= 0.3 is 5.97 Å². The molecule has 0 heterocycles. The van der Waals surface area contributed by atoms with Gasteiger partial charge in [0.15, 0.2) is 0 Å². The van der Waals surface area contributed by atoms with Gasteiger partial charge in [0.25, 0.3) is 0 Å². The third-order valence-electron chi connectivity index (χ3n) is 4.37. The number of carbonyl (C=O) groups is 2. The van der Waals surface area contributed by atoms with Gasteiger partial charge in [-0.2, -0.15) is 0 Å². The van der Waals surface area contributed by atoms with Crippen LogP contribution in [-0.4, -0.2) is 35.0 Å². The van der Waals surface area contributed by atoms with E-state index in [2.05, 4.69) is 0 Å². The first-order chi connectivity index (χ1) is 8.11. The molecular weight excluding hydrogens is 218 g/mol. The molecule has 2 aliphatic carbocycles. The molecule has 0 radical (unpaired) electrons. The lowest BCUT2D eigenvalue weighted by Gasteiger charge is -2.38. The van der Waals surface area contributed by atoms with Gasteiger partial charge in [-0.3, -0.25) is 9.59 Å². The van der Waals surface area contributed by atoms with Crippen molar-refractivity contribution in [2.75, 3.05) is 7.05 Å². The van der Waals surface area contributed by atoms with Crippen LogP contribution >= 0.6 is 0 Å². The van der Waals surface area contributed by atoms with Gasteiger partial charge in [0.2, 0.25) is 5.91 Å². The van der Waals surface area contributed by atoms with Crippen LogP contribution in [0.25, 0.3) is 0 Å².